The number of rotatable bonds is 3. The van der Waals surface area contributed by atoms with Crippen molar-refractivity contribution in [3.8, 4) is 11.5 Å². The average Bonchev–Trinajstić information content (AvgIpc) is 2.37. The third kappa shape index (κ3) is 3.38. The van der Waals surface area contributed by atoms with Gasteiger partial charge in [0.1, 0.15) is 5.75 Å². The van der Waals surface area contributed by atoms with Gasteiger partial charge in [0.2, 0.25) is 5.75 Å². The molecule has 1 aromatic carbocycles. The number of ether oxygens (including phenoxy) is 1. The summed E-state index contributed by atoms with van der Waals surface area (Å²) in [7, 11) is 0. The lowest BCUT2D eigenvalue weighted by atomic mass is 10.2. The number of aromatic nitrogens is 1. The van der Waals surface area contributed by atoms with Crippen LogP contribution in [-0.4, -0.2) is 9.91 Å². The Morgan fingerprint density at radius 1 is 1.24 bits per heavy atom. The van der Waals surface area contributed by atoms with Crippen molar-refractivity contribution < 1.29 is 22.8 Å². The van der Waals surface area contributed by atoms with Gasteiger partial charge in [0.05, 0.1) is 28.6 Å². The number of hydrogen-bond donors (Lipinski definition) is 1. The summed E-state index contributed by atoms with van der Waals surface area (Å²) < 4.78 is 42.8. The second-order valence-electron chi connectivity index (χ2n) is 3.99. The molecule has 0 aliphatic carbocycles. The molecule has 21 heavy (non-hydrogen) atoms. The molecule has 0 fully saturated rings. The van der Waals surface area contributed by atoms with Crippen LogP contribution in [0.4, 0.5) is 24.5 Å². The number of hydrogen-bond acceptors (Lipinski definition) is 5. The molecule has 0 aliphatic heterocycles. The summed E-state index contributed by atoms with van der Waals surface area (Å²) in [5.74, 6) is -0.252. The van der Waals surface area contributed by atoms with Crippen LogP contribution in [0.25, 0.3) is 0 Å². The number of nitro groups is 1. The molecule has 2 rings (SSSR count). The third-order valence-corrected chi connectivity index (χ3v) is 2.45. The van der Waals surface area contributed by atoms with E-state index in [2.05, 4.69) is 4.98 Å². The van der Waals surface area contributed by atoms with Crippen LogP contribution in [0.5, 0.6) is 11.5 Å². The molecule has 0 saturated heterocycles. The summed E-state index contributed by atoms with van der Waals surface area (Å²) in [6, 6.07) is 3.33. The predicted octanol–water partition coefficient (Wildman–Crippen LogP) is 3.38. The Bertz CT molecular complexity index is 689. The summed E-state index contributed by atoms with van der Waals surface area (Å²) >= 11 is 0. The lowest BCUT2D eigenvalue weighted by Crippen LogP contribution is -2.06. The third-order valence-electron chi connectivity index (χ3n) is 2.45. The van der Waals surface area contributed by atoms with Crippen LogP contribution < -0.4 is 10.5 Å². The van der Waals surface area contributed by atoms with E-state index in [1.165, 1.54) is 18.5 Å². The van der Waals surface area contributed by atoms with Gasteiger partial charge in [-0.15, -0.1) is 0 Å². The molecular formula is C12H8F3N3O3. The first-order chi connectivity index (χ1) is 9.77. The zero-order valence-electron chi connectivity index (χ0n) is 10.3. The van der Waals surface area contributed by atoms with Crippen molar-refractivity contribution in [2.24, 2.45) is 0 Å². The number of halogens is 3. The van der Waals surface area contributed by atoms with Gasteiger partial charge in [-0.25, -0.2) is 0 Å². The first-order valence-electron chi connectivity index (χ1n) is 5.51. The van der Waals surface area contributed by atoms with Crippen LogP contribution in [0.1, 0.15) is 5.56 Å². The minimum absolute atomic E-state index is 0.0814. The molecule has 9 heteroatoms. The normalized spacial score (nSPS) is 11.2. The summed E-state index contributed by atoms with van der Waals surface area (Å²) in [6.45, 7) is 0. The number of pyridine rings is 1. The molecule has 6 nitrogen and oxygen atoms in total. The number of nitrogens with zero attached hydrogens (tertiary/aromatic N) is 2. The topological polar surface area (TPSA) is 91.3 Å². The lowest BCUT2D eigenvalue weighted by molar-refractivity contribution is -0.385. The zero-order chi connectivity index (χ0) is 15.6. The highest BCUT2D eigenvalue weighted by molar-refractivity contribution is 5.52. The quantitative estimate of drug-likeness (QED) is 0.693. The van der Waals surface area contributed by atoms with E-state index in [0.29, 0.717) is 12.1 Å². The fraction of sp³-hybridized carbons (Fsp3) is 0.0833. The minimum atomic E-state index is -4.68. The average molecular weight is 299 g/mol. The van der Waals surface area contributed by atoms with Crippen LogP contribution >= 0.6 is 0 Å². The van der Waals surface area contributed by atoms with E-state index in [9.17, 15) is 23.3 Å². The number of nitro benzene ring substituents is 1. The van der Waals surface area contributed by atoms with Crippen LogP contribution in [0.2, 0.25) is 0 Å². The van der Waals surface area contributed by atoms with Gasteiger partial charge in [-0.3, -0.25) is 15.1 Å². The van der Waals surface area contributed by atoms with Gasteiger partial charge in [-0.2, -0.15) is 13.2 Å². The van der Waals surface area contributed by atoms with Crippen molar-refractivity contribution in [1.29, 1.82) is 0 Å². The highest BCUT2D eigenvalue weighted by Crippen LogP contribution is 2.37. The summed E-state index contributed by atoms with van der Waals surface area (Å²) in [4.78, 5) is 13.6. The minimum Gasteiger partial charge on any atom is -0.448 e. The van der Waals surface area contributed by atoms with Gasteiger partial charge in [0, 0.05) is 12.1 Å². The van der Waals surface area contributed by atoms with Gasteiger partial charge in [0.25, 0.3) is 0 Å². The maximum Gasteiger partial charge on any atom is 0.416 e. The Labute approximate surface area is 116 Å². The molecule has 1 heterocycles. The van der Waals surface area contributed by atoms with Crippen molar-refractivity contribution in [2.45, 2.75) is 6.18 Å². The van der Waals surface area contributed by atoms with Crippen molar-refractivity contribution >= 4 is 11.4 Å². The van der Waals surface area contributed by atoms with E-state index < -0.39 is 22.4 Å². The standard InChI is InChI=1S/C12H8F3N3O3/c13-12(14,15)7-1-2-11(10(3-7)18(19)20)21-9-4-8(16)5-17-6-9/h1-6H,16H2. The van der Waals surface area contributed by atoms with Crippen molar-refractivity contribution in [3.63, 3.8) is 0 Å². The molecule has 0 spiro atoms. The number of benzene rings is 1. The highest BCUT2D eigenvalue weighted by atomic mass is 19.4. The molecule has 0 unspecified atom stereocenters. The highest BCUT2D eigenvalue weighted by Gasteiger charge is 2.33. The Balaban J connectivity index is 2.42. The number of nitrogen functional groups attached to an aromatic ring is 1. The Kier molecular flexibility index (Phi) is 3.66. The molecule has 0 atom stereocenters. The largest absolute Gasteiger partial charge is 0.448 e. The Morgan fingerprint density at radius 3 is 2.52 bits per heavy atom. The van der Waals surface area contributed by atoms with E-state index in [1.54, 1.807) is 0 Å². The van der Waals surface area contributed by atoms with Crippen LogP contribution in [0.3, 0.4) is 0 Å². The maximum atomic E-state index is 12.6. The predicted molar refractivity (Wildman–Crippen MR) is 66.8 cm³/mol. The van der Waals surface area contributed by atoms with Gasteiger partial charge in [0.15, 0.2) is 0 Å². The van der Waals surface area contributed by atoms with Crippen LogP contribution in [-0.2, 0) is 6.18 Å². The number of alkyl halides is 3. The summed E-state index contributed by atoms with van der Waals surface area (Å²) in [5.41, 5.74) is 3.79. The molecule has 110 valence electrons. The van der Waals surface area contributed by atoms with E-state index in [0.717, 1.165) is 6.07 Å². The monoisotopic (exact) mass is 299 g/mol. The second-order valence-corrected chi connectivity index (χ2v) is 3.99. The number of anilines is 1. The van der Waals surface area contributed by atoms with E-state index in [1.807, 2.05) is 0 Å². The van der Waals surface area contributed by atoms with Gasteiger partial charge in [-0.05, 0) is 12.1 Å². The van der Waals surface area contributed by atoms with E-state index in [4.69, 9.17) is 10.5 Å². The van der Waals surface area contributed by atoms with Crippen molar-refractivity contribution in [2.75, 3.05) is 5.73 Å². The first-order valence-corrected chi connectivity index (χ1v) is 5.51. The molecular weight excluding hydrogens is 291 g/mol. The zero-order valence-corrected chi connectivity index (χ0v) is 10.3. The van der Waals surface area contributed by atoms with Crippen molar-refractivity contribution in [1.82, 2.24) is 4.98 Å². The lowest BCUT2D eigenvalue weighted by Gasteiger charge is -2.10. The van der Waals surface area contributed by atoms with Gasteiger partial charge < -0.3 is 10.5 Å². The molecule has 1 aromatic heterocycles. The Hall–Kier alpha value is -2.84. The molecule has 0 bridgehead atoms. The van der Waals surface area contributed by atoms with Gasteiger partial charge >= 0.3 is 11.9 Å². The molecule has 2 N–H and O–H groups in total. The Morgan fingerprint density at radius 2 is 1.95 bits per heavy atom. The summed E-state index contributed by atoms with van der Waals surface area (Å²) in [5, 5.41) is 10.9. The molecule has 0 amide bonds. The SMILES string of the molecule is Nc1cncc(Oc2ccc(C(F)(F)F)cc2[N+](=O)[O-])c1. The van der Waals surface area contributed by atoms with Crippen LogP contribution in [0, 0.1) is 10.1 Å². The summed E-state index contributed by atoms with van der Waals surface area (Å²) in [6.07, 6.45) is -2.12. The van der Waals surface area contributed by atoms with Crippen molar-refractivity contribution in [3.05, 3.63) is 52.3 Å². The van der Waals surface area contributed by atoms with E-state index in [-0.39, 0.29) is 17.2 Å². The van der Waals surface area contributed by atoms with Crippen LogP contribution in [0.15, 0.2) is 36.7 Å². The fourth-order valence-corrected chi connectivity index (χ4v) is 1.54. The second kappa shape index (κ2) is 5.27. The molecule has 0 aliphatic rings. The molecule has 0 radical (unpaired) electrons. The number of nitrogens with two attached hydrogens (primary N) is 1. The molecule has 2 aromatic rings. The first kappa shape index (κ1) is 14.6. The maximum absolute atomic E-state index is 12.6. The smallest absolute Gasteiger partial charge is 0.416 e. The molecule has 0 saturated carbocycles. The van der Waals surface area contributed by atoms with Gasteiger partial charge in [-0.1, -0.05) is 0 Å². The fourth-order valence-electron chi connectivity index (χ4n) is 1.54. The van der Waals surface area contributed by atoms with E-state index >= 15 is 0 Å².